The van der Waals surface area contributed by atoms with Gasteiger partial charge in [0.2, 0.25) is 0 Å². The topological polar surface area (TPSA) is 64.2 Å². The van der Waals surface area contributed by atoms with Crippen molar-refractivity contribution in [2.45, 2.75) is 388 Å². The summed E-state index contributed by atoms with van der Waals surface area (Å²) >= 11 is 13.9. The lowest BCUT2D eigenvalue weighted by Gasteiger charge is -2.37. The summed E-state index contributed by atoms with van der Waals surface area (Å²) < 4.78 is 163. The lowest BCUT2D eigenvalue weighted by atomic mass is 9.97. The first-order valence-electron chi connectivity index (χ1n) is 53.3. The minimum absolute atomic E-state index is 0. The summed E-state index contributed by atoms with van der Waals surface area (Å²) in [6.45, 7) is 55.5. The number of alkyl halides is 5. The van der Waals surface area contributed by atoms with Crippen LogP contribution in [0.1, 0.15) is 390 Å². The van der Waals surface area contributed by atoms with Crippen molar-refractivity contribution in [3.8, 4) is 5.75 Å². The molecule has 9 aromatic rings. The van der Waals surface area contributed by atoms with Gasteiger partial charge in [0.25, 0.3) is 6.43 Å². The normalized spacial score (nSPS) is 22.0. The molecule has 9 unspecified atom stereocenters. The molecule has 27 heteroatoms. The summed E-state index contributed by atoms with van der Waals surface area (Å²) in [6, 6.07) is 44.8. The van der Waals surface area contributed by atoms with Crippen molar-refractivity contribution >= 4 is 34.5 Å². The molecule has 9 aliphatic rings. The minimum Gasteiger partial charge on any atom is -0.496 e. The lowest BCUT2D eigenvalue weighted by Crippen LogP contribution is -2.40. The van der Waals surface area contributed by atoms with Gasteiger partial charge < -0.3 is 4.74 Å². The third-order valence-corrected chi connectivity index (χ3v) is 31.3. The van der Waals surface area contributed by atoms with Crippen molar-refractivity contribution < 1.29 is 57.4 Å². The second-order valence-corrected chi connectivity index (χ2v) is 46.6. The van der Waals surface area contributed by atoms with Crippen LogP contribution in [-0.2, 0) is 6.18 Å². The van der Waals surface area contributed by atoms with Gasteiger partial charge in [-0.25, -0.2) is 39.5 Å². The van der Waals surface area contributed by atoms with E-state index in [9.17, 15) is 52.7 Å². The summed E-state index contributed by atoms with van der Waals surface area (Å²) in [5, 5.41) is 3.36. The number of benzene rings is 6. The van der Waals surface area contributed by atoms with Gasteiger partial charge in [0.1, 0.15) is 46.5 Å². The smallest absolute Gasteiger partial charge is 0.416 e. The first kappa shape index (κ1) is 123. The minimum atomic E-state index is -4.44. The van der Waals surface area contributed by atoms with Crippen LogP contribution in [0.15, 0.2) is 176 Å². The molecule has 0 spiro atoms. The predicted molar refractivity (Wildman–Crippen MR) is 583 cm³/mol. The molecule has 147 heavy (non-hydrogen) atoms. The Kier molecular flexibility index (Phi) is 47.6. The van der Waals surface area contributed by atoms with Crippen LogP contribution in [0.5, 0.6) is 5.75 Å². The van der Waals surface area contributed by atoms with Gasteiger partial charge in [0.05, 0.1) is 30.6 Å². The zero-order valence-corrected chi connectivity index (χ0v) is 92.9. The quantitative estimate of drug-likeness (QED) is 0.0816. The molecule has 0 bridgehead atoms. The Bertz CT molecular complexity index is 5400. The second kappa shape index (κ2) is 56.9. The lowest BCUT2D eigenvalue weighted by molar-refractivity contribution is -0.138. The average Bonchev–Trinajstić information content (AvgIpc) is 1.79. The van der Waals surface area contributed by atoms with E-state index in [4.69, 9.17) is 27.9 Å². The van der Waals surface area contributed by atoms with Crippen LogP contribution in [-0.4, -0.2) is 173 Å². The number of likely N-dealkylation sites (tertiary alicyclic amines) is 9. The van der Waals surface area contributed by atoms with E-state index in [1.165, 1.54) is 118 Å². The van der Waals surface area contributed by atoms with Crippen LogP contribution >= 0.6 is 34.5 Å². The van der Waals surface area contributed by atoms with Gasteiger partial charge in [-0.3, -0.25) is 54.1 Å². The number of halogens is 14. The second-order valence-electron chi connectivity index (χ2n) is 44.8. The molecule has 3 aromatic heterocycles. The van der Waals surface area contributed by atoms with Crippen LogP contribution in [0.4, 0.5) is 52.7 Å². The molecular formula is C120H169Cl2F12N11OS. The number of aromatic nitrogens is 2. The Hall–Kier alpha value is -7.50. The summed E-state index contributed by atoms with van der Waals surface area (Å²) in [5.41, 5.74) is 6.76. The maximum Gasteiger partial charge on any atom is 0.416 e. The maximum atomic E-state index is 13.4. The van der Waals surface area contributed by atoms with Crippen LogP contribution in [0.2, 0.25) is 10.0 Å². The first-order chi connectivity index (χ1) is 68.9. The van der Waals surface area contributed by atoms with Gasteiger partial charge >= 0.3 is 6.18 Å². The monoisotopic (exact) mass is 2110 g/mol. The van der Waals surface area contributed by atoms with Crippen LogP contribution in [0.3, 0.4) is 0 Å². The molecule has 6 aromatic carbocycles. The Morgan fingerprint density at radius 2 is 0.735 bits per heavy atom. The Balaban J connectivity index is 0.000000184. The molecule has 9 atom stereocenters. The molecule has 9 fully saturated rings. The molecule has 0 aliphatic carbocycles. The SMILES string of the molecule is C.CC(C)(C)N1CCCC1c1ccccn1.CC(C)(C)N1CCCC1c1cccs1.CC(C)(C)N1CCCC1c1cncc(F)c1.CC(C)N1CCCC1c1cc(F)cc(Cl)c1.CC(C)N1CCCC1c1cc(F)ccc1C(F)(F)F.CC(C)N1CCCC1c1cc(F)ccc1C(F)F.CC(C)N1CCCC1c1cc(F)ccc1Cl.CC(C)N1CCCC1c1cccc(F)c1.COc1ccc(F)cc1C1CCCN1C(C)C. The highest BCUT2D eigenvalue weighted by Gasteiger charge is 2.43. The van der Waals surface area contributed by atoms with E-state index in [2.05, 4.69) is 197 Å². The molecule has 12 heterocycles. The number of methoxy groups -OCH3 is 1. The standard InChI is InChI=1S/C14H17F4N.C14H18F3N.C14H20FNO.2C13H17ClFN.C13H19FN2.C13H18FN.C13H20N2.C12H19NS.CH4/c1-9(2)19-7-3-4-13(19)11-8-10(15)5-6-12(11)14(16,17)18;1-9(2)18-7-3-4-13(18)12-8-10(15)5-6-11(12)14(16)17;1-10(2)16-8-4-5-13(16)12-9-11(15)6-7-14(12)17-3;1-9(2)16-7-3-4-13(16)11-8-10(15)5-6-12(11)14;1-9(2)16-5-3-4-13(16)10-6-11(14)8-12(15)7-10;1-13(2,3)16-6-4-5-12(16)10-7-11(14)9-15-8-10;1-10(2)15-8-4-7-13(15)11-5-3-6-12(14)9-11;1-13(2,3)15-10-6-8-12(15)11-7-4-5-9-14-11;1-12(2,3)13-8-4-6-10(13)11-7-5-9-14-11;/h5-6,8-9,13H,3-4,7H2,1-2H3;5-6,8-9,13-14H,3-4,7H2,1-2H3;6-7,9-10,13H,4-5,8H2,1-3H3;5-6,8-9,13H,3-4,7H2,1-2H3;6-9,13H,3-5H2,1-2H3;7-9,12H,4-6H2,1-3H3;3,5-6,9-10,13H,4,7-8H2,1-2H3;4-5,7,9,12H,6,8,10H2,1-3H3;5,7,9-10H,4,6,8H2,1-3H3;1H4. The van der Waals surface area contributed by atoms with Crippen molar-refractivity contribution in [1.82, 2.24) is 54.1 Å². The van der Waals surface area contributed by atoms with Gasteiger partial charge in [-0.1, -0.05) is 61.0 Å². The van der Waals surface area contributed by atoms with Crippen molar-refractivity contribution in [1.29, 1.82) is 0 Å². The van der Waals surface area contributed by atoms with Crippen molar-refractivity contribution in [2.24, 2.45) is 0 Å². The fourth-order valence-corrected chi connectivity index (χ4v) is 24.5. The van der Waals surface area contributed by atoms with E-state index < -0.39 is 29.8 Å². The van der Waals surface area contributed by atoms with Gasteiger partial charge in [-0.2, -0.15) is 13.2 Å². The van der Waals surface area contributed by atoms with Crippen molar-refractivity contribution in [3.63, 3.8) is 0 Å². The van der Waals surface area contributed by atoms with E-state index in [0.717, 1.165) is 161 Å². The van der Waals surface area contributed by atoms with E-state index in [-0.39, 0.29) is 88.9 Å². The highest BCUT2D eigenvalue weighted by atomic mass is 35.5. The molecule has 0 saturated carbocycles. The van der Waals surface area contributed by atoms with Crippen molar-refractivity contribution in [2.75, 3.05) is 66.0 Å². The molecule has 0 amide bonds. The van der Waals surface area contributed by atoms with E-state index in [1.807, 2.05) is 74.4 Å². The molecule has 814 valence electrons. The summed E-state index contributed by atoms with van der Waals surface area (Å²) in [7, 11) is 1.64. The summed E-state index contributed by atoms with van der Waals surface area (Å²) in [4.78, 5) is 31.4. The van der Waals surface area contributed by atoms with Crippen LogP contribution in [0, 0.1) is 40.7 Å². The zero-order chi connectivity index (χ0) is 107. The van der Waals surface area contributed by atoms with Gasteiger partial charge in [-0.15, -0.1) is 11.3 Å². The molecule has 18 rings (SSSR count). The third kappa shape index (κ3) is 35.0. The zero-order valence-electron chi connectivity index (χ0n) is 90.6. The number of thiophene rings is 1. The Labute approximate surface area is 887 Å². The van der Waals surface area contributed by atoms with Crippen LogP contribution in [0.25, 0.3) is 0 Å². The largest absolute Gasteiger partial charge is 0.496 e. The highest BCUT2D eigenvalue weighted by Crippen LogP contribution is 2.48. The van der Waals surface area contributed by atoms with Crippen LogP contribution < -0.4 is 4.74 Å². The molecule has 9 aliphatic heterocycles. The van der Waals surface area contributed by atoms with Gasteiger partial charge in [0.15, 0.2) is 0 Å². The number of pyridine rings is 2. The summed E-state index contributed by atoms with van der Waals surface area (Å²) in [5.74, 6) is -1.24. The molecule has 0 radical (unpaired) electrons. The maximum absolute atomic E-state index is 13.4. The molecule has 12 nitrogen and oxygen atoms in total. The van der Waals surface area contributed by atoms with E-state index >= 15 is 0 Å². The number of nitrogens with zero attached hydrogens (tertiary/aromatic N) is 11. The van der Waals surface area contributed by atoms with E-state index in [1.54, 1.807) is 55.8 Å². The molecule has 0 N–H and O–H groups in total. The number of rotatable bonds is 17. The number of hydrogen-bond acceptors (Lipinski definition) is 13. The fraction of sp³-hybridized carbons (Fsp3) is 0.583. The van der Waals surface area contributed by atoms with Gasteiger partial charge in [-0.05, 0) is 480 Å². The Morgan fingerprint density at radius 3 is 1.18 bits per heavy atom. The predicted octanol–water partition coefficient (Wildman–Crippen LogP) is 34.0. The number of hydrogen-bond donors (Lipinski definition) is 0. The Morgan fingerprint density at radius 1 is 0.347 bits per heavy atom. The third-order valence-electron chi connectivity index (χ3n) is 29.8. The van der Waals surface area contributed by atoms with Gasteiger partial charge in [0, 0.05) is 140 Å². The van der Waals surface area contributed by atoms with E-state index in [0.29, 0.717) is 88.0 Å². The molecule has 9 saturated heterocycles. The molecular weight excluding hydrogens is 1940 g/mol. The van der Waals surface area contributed by atoms with Crippen molar-refractivity contribution in [3.05, 3.63) is 287 Å². The average molecular weight is 2110 g/mol. The fourth-order valence-electron chi connectivity index (χ4n) is 23.1. The summed E-state index contributed by atoms with van der Waals surface area (Å²) in [6.07, 6.45) is 17.9. The number of ether oxygens (including phenoxy) is 1. The highest BCUT2D eigenvalue weighted by molar-refractivity contribution is 7.10. The first-order valence-corrected chi connectivity index (χ1v) is 54.9.